The van der Waals surface area contributed by atoms with E-state index in [1.54, 1.807) is 6.92 Å². The number of nitrogens with two attached hydrogens (primary N) is 1. The van der Waals surface area contributed by atoms with Crippen molar-refractivity contribution < 1.29 is 9.53 Å². The second-order valence-electron chi connectivity index (χ2n) is 5.36. The molecule has 4 nitrogen and oxygen atoms in total. The summed E-state index contributed by atoms with van der Waals surface area (Å²) in [6, 6.07) is 0. The largest absolute Gasteiger partial charge is 0.462 e. The Morgan fingerprint density at radius 3 is 3.15 bits per heavy atom. The fraction of sp³-hybridized carbons (Fsp3) is 0.467. The zero-order valence-electron chi connectivity index (χ0n) is 11.7. The van der Waals surface area contributed by atoms with E-state index >= 15 is 0 Å². The first-order chi connectivity index (χ1) is 9.61. The maximum absolute atomic E-state index is 11.9. The van der Waals surface area contributed by atoms with E-state index in [-0.39, 0.29) is 5.97 Å². The molecular formula is C15H18N2O2S. The lowest BCUT2D eigenvalue weighted by atomic mass is 9.84. The Morgan fingerprint density at radius 2 is 2.40 bits per heavy atom. The third-order valence-electron chi connectivity index (χ3n) is 3.87. The number of rotatable bonds is 2. The zero-order chi connectivity index (χ0) is 14.3. The summed E-state index contributed by atoms with van der Waals surface area (Å²) < 4.78 is 5.06. The molecule has 0 aliphatic heterocycles. The maximum Gasteiger partial charge on any atom is 0.350 e. The van der Waals surface area contributed by atoms with Crippen LogP contribution in [0.5, 0.6) is 0 Å². The van der Waals surface area contributed by atoms with E-state index in [0.29, 0.717) is 23.1 Å². The number of thiophene rings is 1. The normalized spacial score (nSPS) is 18.0. The van der Waals surface area contributed by atoms with Crippen molar-refractivity contribution >= 4 is 33.2 Å². The van der Waals surface area contributed by atoms with Gasteiger partial charge in [0.15, 0.2) is 0 Å². The molecule has 0 spiro atoms. The van der Waals surface area contributed by atoms with Crippen LogP contribution in [-0.4, -0.2) is 17.6 Å². The zero-order valence-corrected chi connectivity index (χ0v) is 12.5. The molecule has 5 heteroatoms. The molecule has 106 valence electrons. The molecule has 1 atom stereocenters. The highest BCUT2D eigenvalue weighted by Crippen LogP contribution is 2.39. The smallest absolute Gasteiger partial charge is 0.350 e. The lowest BCUT2D eigenvalue weighted by Crippen LogP contribution is -2.12. The predicted octanol–water partition coefficient (Wildman–Crippen LogP) is 3.18. The molecule has 2 N–H and O–H groups in total. The molecule has 0 amide bonds. The van der Waals surface area contributed by atoms with Crippen molar-refractivity contribution in [2.24, 2.45) is 5.92 Å². The minimum Gasteiger partial charge on any atom is -0.462 e. The summed E-state index contributed by atoms with van der Waals surface area (Å²) in [5, 5.41) is 0.974. The summed E-state index contributed by atoms with van der Waals surface area (Å²) in [6.07, 6.45) is 5.16. The molecule has 1 aliphatic rings. The minimum absolute atomic E-state index is 0.342. The Balaban J connectivity index is 2.15. The third-order valence-corrected chi connectivity index (χ3v) is 4.96. The van der Waals surface area contributed by atoms with E-state index in [4.69, 9.17) is 10.5 Å². The summed E-state index contributed by atoms with van der Waals surface area (Å²) in [7, 11) is 0. The Morgan fingerprint density at radius 1 is 1.60 bits per heavy atom. The van der Waals surface area contributed by atoms with E-state index in [2.05, 4.69) is 11.9 Å². The molecular weight excluding hydrogens is 272 g/mol. The number of nitrogen functional groups attached to an aromatic ring is 1. The molecule has 0 fully saturated rings. The highest BCUT2D eigenvalue weighted by molar-refractivity contribution is 7.21. The molecule has 3 rings (SSSR count). The number of nitrogens with zero attached hydrogens (tertiary/aromatic N) is 1. The lowest BCUT2D eigenvalue weighted by molar-refractivity contribution is 0.0533. The van der Waals surface area contributed by atoms with Gasteiger partial charge in [0.05, 0.1) is 12.3 Å². The SMILES string of the molecule is CCOC(=O)c1sc2ncc3c(c2c1N)CCC(C)C3. The number of aromatic nitrogens is 1. The fourth-order valence-electron chi connectivity index (χ4n) is 2.87. The van der Waals surface area contributed by atoms with Crippen LogP contribution in [0.1, 0.15) is 41.1 Å². The van der Waals surface area contributed by atoms with Crippen LogP contribution in [0.3, 0.4) is 0 Å². The van der Waals surface area contributed by atoms with Gasteiger partial charge in [-0.25, -0.2) is 9.78 Å². The van der Waals surface area contributed by atoms with Crippen molar-refractivity contribution in [2.45, 2.75) is 33.1 Å². The fourth-order valence-corrected chi connectivity index (χ4v) is 3.86. The number of pyridine rings is 1. The van der Waals surface area contributed by atoms with Crippen LogP contribution in [0.25, 0.3) is 10.2 Å². The standard InChI is InChI=1S/C15H18N2O2S/c1-3-19-15(18)13-12(16)11-10-5-4-8(2)6-9(10)7-17-14(11)20-13/h7-8H,3-6,16H2,1-2H3. The van der Waals surface area contributed by atoms with Gasteiger partial charge in [0, 0.05) is 11.6 Å². The van der Waals surface area contributed by atoms with Crippen LogP contribution in [0.4, 0.5) is 5.69 Å². The van der Waals surface area contributed by atoms with E-state index in [0.717, 1.165) is 29.5 Å². The third kappa shape index (κ3) is 2.06. The van der Waals surface area contributed by atoms with Gasteiger partial charge in [-0.1, -0.05) is 6.92 Å². The van der Waals surface area contributed by atoms with Gasteiger partial charge in [-0.05, 0) is 43.2 Å². The van der Waals surface area contributed by atoms with Crippen LogP contribution in [-0.2, 0) is 17.6 Å². The molecule has 0 saturated carbocycles. The lowest BCUT2D eigenvalue weighted by Gasteiger charge is -2.21. The first-order valence-corrected chi connectivity index (χ1v) is 7.79. The number of carbonyl (C=O) groups excluding carboxylic acids is 1. The van der Waals surface area contributed by atoms with E-state index in [9.17, 15) is 4.79 Å². The second kappa shape index (κ2) is 5.05. The topological polar surface area (TPSA) is 65.2 Å². The van der Waals surface area contributed by atoms with Crippen molar-refractivity contribution in [2.75, 3.05) is 12.3 Å². The number of ether oxygens (including phenoxy) is 1. The van der Waals surface area contributed by atoms with Gasteiger partial charge in [-0.2, -0.15) is 0 Å². The minimum atomic E-state index is -0.342. The van der Waals surface area contributed by atoms with E-state index in [1.807, 2.05) is 6.20 Å². The van der Waals surface area contributed by atoms with Crippen molar-refractivity contribution in [3.05, 3.63) is 22.2 Å². The number of hydrogen-bond donors (Lipinski definition) is 1. The Labute approximate surface area is 122 Å². The number of esters is 1. The molecule has 0 saturated heterocycles. The Hall–Kier alpha value is -1.62. The molecule has 1 unspecified atom stereocenters. The van der Waals surface area contributed by atoms with Crippen LogP contribution in [0, 0.1) is 5.92 Å². The first kappa shape index (κ1) is 13.4. The Kier molecular flexibility index (Phi) is 3.38. The first-order valence-electron chi connectivity index (χ1n) is 6.97. The number of hydrogen-bond acceptors (Lipinski definition) is 5. The summed E-state index contributed by atoms with van der Waals surface area (Å²) in [5.41, 5.74) is 9.29. The van der Waals surface area contributed by atoms with Gasteiger partial charge in [-0.3, -0.25) is 0 Å². The maximum atomic E-state index is 11.9. The number of anilines is 1. The molecule has 0 bridgehead atoms. The van der Waals surface area contributed by atoms with Gasteiger partial charge in [0.2, 0.25) is 0 Å². The average molecular weight is 290 g/mol. The van der Waals surface area contributed by atoms with Gasteiger partial charge in [-0.15, -0.1) is 11.3 Å². The highest BCUT2D eigenvalue weighted by Gasteiger charge is 2.24. The summed E-state index contributed by atoms with van der Waals surface area (Å²) >= 11 is 1.33. The van der Waals surface area contributed by atoms with Gasteiger partial charge in [0.1, 0.15) is 9.71 Å². The van der Waals surface area contributed by atoms with Gasteiger partial charge < -0.3 is 10.5 Å². The van der Waals surface area contributed by atoms with E-state index in [1.165, 1.54) is 22.5 Å². The predicted molar refractivity (Wildman–Crippen MR) is 81.2 cm³/mol. The molecule has 2 aromatic heterocycles. The number of fused-ring (bicyclic) bond motifs is 3. The van der Waals surface area contributed by atoms with Crippen molar-refractivity contribution in [1.82, 2.24) is 4.98 Å². The van der Waals surface area contributed by atoms with Crippen LogP contribution < -0.4 is 5.73 Å². The average Bonchev–Trinajstić information content (AvgIpc) is 2.76. The monoisotopic (exact) mass is 290 g/mol. The molecule has 20 heavy (non-hydrogen) atoms. The molecule has 2 aromatic rings. The molecule has 0 radical (unpaired) electrons. The van der Waals surface area contributed by atoms with Gasteiger partial charge in [0.25, 0.3) is 0 Å². The Bertz CT molecular complexity index is 678. The quantitative estimate of drug-likeness (QED) is 0.863. The van der Waals surface area contributed by atoms with Crippen LogP contribution in [0.2, 0.25) is 0 Å². The van der Waals surface area contributed by atoms with Gasteiger partial charge >= 0.3 is 5.97 Å². The van der Waals surface area contributed by atoms with Crippen LogP contribution >= 0.6 is 11.3 Å². The van der Waals surface area contributed by atoms with E-state index < -0.39 is 0 Å². The summed E-state index contributed by atoms with van der Waals surface area (Å²) in [5.74, 6) is 0.345. The summed E-state index contributed by atoms with van der Waals surface area (Å²) in [6.45, 7) is 4.41. The van der Waals surface area contributed by atoms with Crippen molar-refractivity contribution in [3.63, 3.8) is 0 Å². The molecule has 0 aromatic carbocycles. The number of aryl methyl sites for hydroxylation is 1. The van der Waals surface area contributed by atoms with Crippen LogP contribution in [0.15, 0.2) is 6.20 Å². The summed E-state index contributed by atoms with van der Waals surface area (Å²) in [4.78, 5) is 17.8. The van der Waals surface area contributed by atoms with Crippen molar-refractivity contribution in [3.8, 4) is 0 Å². The molecule has 1 aliphatic carbocycles. The molecule has 2 heterocycles. The second-order valence-corrected chi connectivity index (χ2v) is 6.35. The highest BCUT2D eigenvalue weighted by atomic mass is 32.1. The number of carbonyl (C=O) groups is 1. The van der Waals surface area contributed by atoms with Crippen molar-refractivity contribution in [1.29, 1.82) is 0 Å².